The Morgan fingerprint density at radius 2 is 1.47 bits per heavy atom. The maximum atomic E-state index is 10.2. The first-order valence-corrected chi connectivity index (χ1v) is 5.27. The van der Waals surface area contributed by atoms with Crippen LogP contribution in [0.4, 0.5) is 5.69 Å². The Bertz CT molecular complexity index is 504. The second-order valence-electron chi connectivity index (χ2n) is 3.50. The molecule has 0 aliphatic carbocycles. The van der Waals surface area contributed by atoms with Crippen LogP contribution in [-0.4, -0.2) is 11.4 Å². The van der Waals surface area contributed by atoms with Gasteiger partial charge in [0.2, 0.25) is 6.41 Å². The van der Waals surface area contributed by atoms with Crippen LogP contribution in [0.1, 0.15) is 11.1 Å². The molecule has 0 aliphatic heterocycles. The zero-order valence-electron chi connectivity index (χ0n) is 9.21. The van der Waals surface area contributed by atoms with Gasteiger partial charge in [-0.25, -0.2) is 0 Å². The third-order valence-corrected chi connectivity index (χ3v) is 2.31. The zero-order valence-corrected chi connectivity index (χ0v) is 9.21. The van der Waals surface area contributed by atoms with Crippen LogP contribution in [0.15, 0.2) is 48.8 Å². The van der Waals surface area contributed by atoms with Gasteiger partial charge in [0, 0.05) is 18.1 Å². The highest BCUT2D eigenvalue weighted by atomic mass is 16.1. The molecule has 0 radical (unpaired) electrons. The SMILES string of the molecule is O=CNc1ccc(C=Cc2ccncc2)cc1. The number of hydrogen-bond donors (Lipinski definition) is 1. The highest BCUT2D eigenvalue weighted by Crippen LogP contribution is 2.11. The fourth-order valence-corrected chi connectivity index (χ4v) is 1.43. The maximum Gasteiger partial charge on any atom is 0.211 e. The van der Waals surface area contributed by atoms with E-state index in [1.807, 2.05) is 48.6 Å². The second-order valence-corrected chi connectivity index (χ2v) is 3.50. The minimum Gasteiger partial charge on any atom is -0.329 e. The van der Waals surface area contributed by atoms with Crippen molar-refractivity contribution in [1.82, 2.24) is 4.98 Å². The van der Waals surface area contributed by atoms with Crippen molar-refractivity contribution >= 4 is 24.2 Å². The molecule has 84 valence electrons. The largest absolute Gasteiger partial charge is 0.329 e. The Balaban J connectivity index is 2.08. The second kappa shape index (κ2) is 5.61. The maximum absolute atomic E-state index is 10.2. The summed E-state index contributed by atoms with van der Waals surface area (Å²) in [5.41, 5.74) is 2.98. The molecular weight excluding hydrogens is 212 g/mol. The average Bonchev–Trinajstić information content (AvgIpc) is 2.40. The van der Waals surface area contributed by atoms with Crippen molar-refractivity contribution in [1.29, 1.82) is 0 Å². The number of pyridine rings is 1. The predicted molar refractivity (Wildman–Crippen MR) is 69.3 cm³/mol. The molecule has 0 fully saturated rings. The van der Waals surface area contributed by atoms with E-state index in [0.29, 0.717) is 6.41 Å². The van der Waals surface area contributed by atoms with E-state index < -0.39 is 0 Å². The van der Waals surface area contributed by atoms with E-state index >= 15 is 0 Å². The van der Waals surface area contributed by atoms with E-state index in [-0.39, 0.29) is 0 Å². The molecule has 2 aromatic rings. The van der Waals surface area contributed by atoms with Crippen LogP contribution >= 0.6 is 0 Å². The minimum absolute atomic E-state index is 0.668. The summed E-state index contributed by atoms with van der Waals surface area (Å²) in [5.74, 6) is 0. The number of nitrogens with one attached hydrogen (secondary N) is 1. The molecule has 2 rings (SSSR count). The fourth-order valence-electron chi connectivity index (χ4n) is 1.43. The number of amides is 1. The van der Waals surface area contributed by atoms with Crippen molar-refractivity contribution in [3.8, 4) is 0 Å². The van der Waals surface area contributed by atoms with Gasteiger partial charge in [-0.15, -0.1) is 0 Å². The standard InChI is InChI=1S/C14H12N2O/c17-11-16-14-5-3-12(4-6-14)1-2-13-7-9-15-10-8-13/h1-11H,(H,16,17). The van der Waals surface area contributed by atoms with Crippen molar-refractivity contribution in [2.45, 2.75) is 0 Å². The van der Waals surface area contributed by atoms with Crippen LogP contribution in [0.2, 0.25) is 0 Å². The Kier molecular flexibility index (Phi) is 3.65. The number of carbonyl (C=O) groups excluding carboxylic acids is 1. The molecule has 0 spiro atoms. The molecule has 0 saturated heterocycles. The molecular formula is C14H12N2O. The molecule has 1 aromatic carbocycles. The number of nitrogens with zero attached hydrogens (tertiary/aromatic N) is 1. The summed E-state index contributed by atoms with van der Waals surface area (Å²) < 4.78 is 0. The smallest absolute Gasteiger partial charge is 0.211 e. The summed E-state index contributed by atoms with van der Waals surface area (Å²) in [6.45, 7) is 0. The van der Waals surface area contributed by atoms with Crippen molar-refractivity contribution in [2.75, 3.05) is 5.32 Å². The molecule has 1 amide bonds. The van der Waals surface area contributed by atoms with E-state index in [2.05, 4.69) is 10.3 Å². The lowest BCUT2D eigenvalue weighted by Gasteiger charge is -1.98. The van der Waals surface area contributed by atoms with Crippen LogP contribution in [0, 0.1) is 0 Å². The van der Waals surface area contributed by atoms with Gasteiger partial charge in [0.1, 0.15) is 0 Å². The summed E-state index contributed by atoms with van der Waals surface area (Å²) in [5, 5.41) is 2.60. The summed E-state index contributed by atoms with van der Waals surface area (Å²) in [6.07, 6.45) is 8.22. The van der Waals surface area contributed by atoms with Crippen LogP contribution in [0.25, 0.3) is 12.2 Å². The lowest BCUT2D eigenvalue weighted by atomic mass is 10.1. The number of anilines is 1. The van der Waals surface area contributed by atoms with E-state index in [9.17, 15) is 4.79 Å². The van der Waals surface area contributed by atoms with Gasteiger partial charge in [0.25, 0.3) is 0 Å². The number of hydrogen-bond acceptors (Lipinski definition) is 2. The first-order valence-electron chi connectivity index (χ1n) is 5.27. The Morgan fingerprint density at radius 3 is 2.06 bits per heavy atom. The highest BCUT2D eigenvalue weighted by Gasteiger charge is 1.90. The monoisotopic (exact) mass is 224 g/mol. The van der Waals surface area contributed by atoms with Crippen molar-refractivity contribution in [2.24, 2.45) is 0 Å². The van der Waals surface area contributed by atoms with Crippen LogP contribution in [0.3, 0.4) is 0 Å². The van der Waals surface area contributed by atoms with E-state index in [1.165, 1.54) is 0 Å². The minimum atomic E-state index is 0.668. The van der Waals surface area contributed by atoms with Crippen LogP contribution in [0.5, 0.6) is 0 Å². The first kappa shape index (κ1) is 11.1. The van der Waals surface area contributed by atoms with Gasteiger partial charge in [-0.3, -0.25) is 9.78 Å². The predicted octanol–water partition coefficient (Wildman–Crippen LogP) is 2.82. The third-order valence-electron chi connectivity index (χ3n) is 2.31. The van der Waals surface area contributed by atoms with Crippen molar-refractivity contribution in [3.05, 3.63) is 59.9 Å². The van der Waals surface area contributed by atoms with Crippen molar-refractivity contribution < 1.29 is 4.79 Å². The van der Waals surface area contributed by atoms with Gasteiger partial charge in [0.05, 0.1) is 0 Å². The molecule has 0 aliphatic rings. The van der Waals surface area contributed by atoms with Gasteiger partial charge in [-0.2, -0.15) is 0 Å². The van der Waals surface area contributed by atoms with Crippen molar-refractivity contribution in [3.63, 3.8) is 0 Å². The molecule has 3 heteroatoms. The zero-order chi connectivity index (χ0) is 11.9. The normalized spacial score (nSPS) is 10.4. The molecule has 1 aromatic heterocycles. The Morgan fingerprint density at radius 1 is 0.882 bits per heavy atom. The van der Waals surface area contributed by atoms with Gasteiger partial charge >= 0.3 is 0 Å². The Hall–Kier alpha value is -2.42. The summed E-state index contributed by atoms with van der Waals surface area (Å²) in [7, 11) is 0. The van der Waals surface area contributed by atoms with Gasteiger partial charge in [-0.1, -0.05) is 24.3 Å². The van der Waals surface area contributed by atoms with Gasteiger partial charge in [0.15, 0.2) is 0 Å². The molecule has 0 unspecified atom stereocenters. The fraction of sp³-hybridized carbons (Fsp3) is 0. The quantitative estimate of drug-likeness (QED) is 0.811. The molecule has 1 heterocycles. The van der Waals surface area contributed by atoms with E-state index in [4.69, 9.17) is 0 Å². The third kappa shape index (κ3) is 3.28. The van der Waals surface area contributed by atoms with Gasteiger partial charge < -0.3 is 5.32 Å². The van der Waals surface area contributed by atoms with E-state index in [0.717, 1.165) is 16.8 Å². The lowest BCUT2D eigenvalue weighted by Crippen LogP contribution is -1.92. The molecule has 3 nitrogen and oxygen atoms in total. The molecule has 0 saturated carbocycles. The number of aromatic nitrogens is 1. The average molecular weight is 224 g/mol. The Labute approximate surface area is 99.8 Å². The summed E-state index contributed by atoms with van der Waals surface area (Å²) in [4.78, 5) is 14.2. The molecule has 0 atom stereocenters. The van der Waals surface area contributed by atoms with Crippen LogP contribution in [-0.2, 0) is 4.79 Å². The highest BCUT2D eigenvalue weighted by molar-refractivity contribution is 5.74. The van der Waals surface area contributed by atoms with Gasteiger partial charge in [-0.05, 0) is 35.4 Å². The molecule has 0 bridgehead atoms. The lowest BCUT2D eigenvalue weighted by molar-refractivity contribution is -0.105. The summed E-state index contributed by atoms with van der Waals surface area (Å²) >= 11 is 0. The number of rotatable bonds is 4. The topological polar surface area (TPSA) is 42.0 Å². The first-order chi connectivity index (χ1) is 8.38. The molecule has 17 heavy (non-hydrogen) atoms. The van der Waals surface area contributed by atoms with E-state index in [1.54, 1.807) is 12.4 Å². The molecule has 1 N–H and O–H groups in total. The summed E-state index contributed by atoms with van der Waals surface area (Å²) in [6, 6.07) is 11.5. The number of carbonyl (C=O) groups is 1. The number of benzene rings is 1. The van der Waals surface area contributed by atoms with Crippen LogP contribution < -0.4 is 5.32 Å².